The Morgan fingerprint density at radius 2 is 1.90 bits per heavy atom. The van der Waals surface area contributed by atoms with E-state index in [0.717, 1.165) is 18.7 Å². The van der Waals surface area contributed by atoms with E-state index in [2.05, 4.69) is 48.6 Å². The SMILES string of the molecule is CCNC1c2ccccc2CC1Sc1ccccc1OC. The summed E-state index contributed by atoms with van der Waals surface area (Å²) in [6.45, 7) is 3.16. The standard InChI is InChI=1S/C18H21NOS/c1-3-19-18-14-9-5-4-8-13(14)12-17(18)21-16-11-7-6-10-15(16)20-2/h4-11,17-19H,3,12H2,1-2H3. The van der Waals surface area contributed by atoms with E-state index in [-0.39, 0.29) is 0 Å². The third kappa shape index (κ3) is 2.94. The van der Waals surface area contributed by atoms with E-state index >= 15 is 0 Å². The van der Waals surface area contributed by atoms with Gasteiger partial charge in [-0.2, -0.15) is 0 Å². The number of hydrogen-bond acceptors (Lipinski definition) is 3. The van der Waals surface area contributed by atoms with Crippen LogP contribution in [-0.2, 0) is 6.42 Å². The topological polar surface area (TPSA) is 21.3 Å². The highest BCUT2D eigenvalue weighted by molar-refractivity contribution is 8.00. The molecule has 3 heteroatoms. The van der Waals surface area contributed by atoms with E-state index in [1.54, 1.807) is 7.11 Å². The molecule has 0 saturated carbocycles. The van der Waals surface area contributed by atoms with Gasteiger partial charge in [0.1, 0.15) is 5.75 Å². The Labute approximate surface area is 130 Å². The Balaban J connectivity index is 1.85. The maximum atomic E-state index is 5.49. The number of benzene rings is 2. The van der Waals surface area contributed by atoms with Crippen LogP contribution in [0.1, 0.15) is 24.1 Å². The second-order valence-electron chi connectivity index (χ2n) is 5.25. The van der Waals surface area contributed by atoms with Gasteiger partial charge in [0.05, 0.1) is 7.11 Å². The molecule has 0 amide bonds. The van der Waals surface area contributed by atoms with Crippen LogP contribution in [0.25, 0.3) is 0 Å². The second kappa shape index (κ2) is 6.54. The molecule has 1 aliphatic rings. The molecule has 1 aliphatic carbocycles. The Morgan fingerprint density at radius 3 is 2.71 bits per heavy atom. The minimum absolute atomic E-state index is 0.418. The number of para-hydroxylation sites is 1. The summed E-state index contributed by atoms with van der Waals surface area (Å²) in [5, 5.41) is 4.16. The summed E-state index contributed by atoms with van der Waals surface area (Å²) in [6.07, 6.45) is 1.11. The smallest absolute Gasteiger partial charge is 0.132 e. The summed E-state index contributed by atoms with van der Waals surface area (Å²) < 4.78 is 5.49. The fraction of sp³-hybridized carbons (Fsp3) is 0.333. The summed E-state index contributed by atoms with van der Waals surface area (Å²) in [4.78, 5) is 1.22. The predicted octanol–water partition coefficient (Wildman–Crippen LogP) is 4.06. The van der Waals surface area contributed by atoms with Gasteiger partial charge in [0, 0.05) is 16.2 Å². The number of fused-ring (bicyclic) bond motifs is 1. The average molecular weight is 299 g/mol. The van der Waals surface area contributed by atoms with Gasteiger partial charge >= 0.3 is 0 Å². The molecule has 0 fully saturated rings. The van der Waals surface area contributed by atoms with Crippen molar-refractivity contribution < 1.29 is 4.74 Å². The lowest BCUT2D eigenvalue weighted by molar-refractivity contribution is 0.404. The first kappa shape index (κ1) is 14.5. The number of thioether (sulfide) groups is 1. The van der Waals surface area contributed by atoms with Gasteiger partial charge in [-0.1, -0.05) is 43.3 Å². The van der Waals surface area contributed by atoms with Crippen LogP contribution in [0, 0.1) is 0 Å². The highest BCUT2D eigenvalue weighted by atomic mass is 32.2. The van der Waals surface area contributed by atoms with Crippen molar-refractivity contribution in [2.45, 2.75) is 29.5 Å². The fourth-order valence-corrected chi connectivity index (χ4v) is 4.40. The van der Waals surface area contributed by atoms with Gasteiger partial charge in [0.25, 0.3) is 0 Å². The summed E-state index contributed by atoms with van der Waals surface area (Å²) in [5.74, 6) is 0.966. The molecule has 0 bridgehead atoms. The lowest BCUT2D eigenvalue weighted by Gasteiger charge is -2.21. The number of ether oxygens (including phenoxy) is 1. The lowest BCUT2D eigenvalue weighted by Crippen LogP contribution is -2.26. The van der Waals surface area contributed by atoms with Gasteiger partial charge in [-0.15, -0.1) is 11.8 Å². The summed E-state index contributed by atoms with van der Waals surface area (Å²) in [6, 6.07) is 17.5. The molecule has 0 heterocycles. The Hall–Kier alpha value is -1.45. The van der Waals surface area contributed by atoms with E-state index in [9.17, 15) is 0 Å². The molecule has 2 aromatic rings. The largest absolute Gasteiger partial charge is 0.496 e. The van der Waals surface area contributed by atoms with E-state index < -0.39 is 0 Å². The molecule has 0 saturated heterocycles. The van der Waals surface area contributed by atoms with Crippen LogP contribution in [0.2, 0.25) is 0 Å². The highest BCUT2D eigenvalue weighted by Crippen LogP contribution is 2.43. The van der Waals surface area contributed by atoms with Crippen LogP contribution in [0.4, 0.5) is 0 Å². The van der Waals surface area contributed by atoms with Crippen molar-refractivity contribution in [3.63, 3.8) is 0 Å². The second-order valence-corrected chi connectivity index (χ2v) is 6.53. The first-order valence-electron chi connectivity index (χ1n) is 7.44. The average Bonchev–Trinajstić information content (AvgIpc) is 2.86. The third-order valence-corrected chi connectivity index (χ3v) is 5.29. The maximum absolute atomic E-state index is 5.49. The molecule has 110 valence electrons. The van der Waals surface area contributed by atoms with Gasteiger partial charge in [-0.25, -0.2) is 0 Å². The fourth-order valence-electron chi connectivity index (χ4n) is 3.01. The van der Waals surface area contributed by atoms with Crippen molar-refractivity contribution in [3.8, 4) is 5.75 Å². The monoisotopic (exact) mass is 299 g/mol. The van der Waals surface area contributed by atoms with Gasteiger partial charge < -0.3 is 10.1 Å². The number of rotatable bonds is 5. The highest BCUT2D eigenvalue weighted by Gasteiger charge is 2.32. The normalized spacial score (nSPS) is 20.3. The molecular weight excluding hydrogens is 278 g/mol. The van der Waals surface area contributed by atoms with Crippen molar-refractivity contribution in [1.82, 2.24) is 5.32 Å². The van der Waals surface area contributed by atoms with Gasteiger partial charge in [-0.3, -0.25) is 0 Å². The zero-order valence-corrected chi connectivity index (χ0v) is 13.3. The van der Waals surface area contributed by atoms with Crippen molar-refractivity contribution in [3.05, 3.63) is 59.7 Å². The Kier molecular flexibility index (Phi) is 4.51. The Bertz CT molecular complexity index is 614. The molecule has 3 rings (SSSR count). The first-order valence-corrected chi connectivity index (χ1v) is 8.32. The molecule has 1 N–H and O–H groups in total. The van der Waals surface area contributed by atoms with E-state index in [1.165, 1.54) is 16.0 Å². The zero-order valence-electron chi connectivity index (χ0n) is 12.5. The first-order chi connectivity index (χ1) is 10.3. The van der Waals surface area contributed by atoms with Gasteiger partial charge in [0.15, 0.2) is 0 Å². The third-order valence-electron chi connectivity index (χ3n) is 3.95. The molecule has 2 atom stereocenters. The minimum Gasteiger partial charge on any atom is -0.496 e. The molecule has 21 heavy (non-hydrogen) atoms. The van der Waals surface area contributed by atoms with Crippen molar-refractivity contribution in [1.29, 1.82) is 0 Å². The van der Waals surface area contributed by atoms with Crippen LogP contribution in [0.3, 0.4) is 0 Å². The van der Waals surface area contributed by atoms with E-state index in [0.29, 0.717) is 11.3 Å². The van der Waals surface area contributed by atoms with Crippen molar-refractivity contribution in [2.24, 2.45) is 0 Å². The van der Waals surface area contributed by atoms with Gasteiger partial charge in [0.2, 0.25) is 0 Å². The zero-order chi connectivity index (χ0) is 14.7. The molecule has 2 nitrogen and oxygen atoms in total. The molecule has 0 aromatic heterocycles. The molecule has 2 aromatic carbocycles. The summed E-state index contributed by atoms with van der Waals surface area (Å²) >= 11 is 1.92. The number of methoxy groups -OCH3 is 1. The molecule has 0 spiro atoms. The van der Waals surface area contributed by atoms with E-state index in [1.807, 2.05) is 23.9 Å². The summed E-state index contributed by atoms with van der Waals surface area (Å²) in [5.41, 5.74) is 2.92. The van der Waals surface area contributed by atoms with Crippen molar-refractivity contribution >= 4 is 11.8 Å². The van der Waals surface area contributed by atoms with Crippen LogP contribution in [-0.4, -0.2) is 18.9 Å². The van der Waals surface area contributed by atoms with Crippen LogP contribution in [0.15, 0.2) is 53.4 Å². The Morgan fingerprint density at radius 1 is 1.14 bits per heavy atom. The van der Waals surface area contributed by atoms with E-state index in [4.69, 9.17) is 4.74 Å². The number of nitrogens with one attached hydrogen (secondary N) is 1. The molecular formula is C18H21NOS. The molecule has 0 aliphatic heterocycles. The van der Waals surface area contributed by atoms with Gasteiger partial charge in [-0.05, 0) is 36.2 Å². The quantitative estimate of drug-likeness (QED) is 0.899. The van der Waals surface area contributed by atoms with Crippen LogP contribution >= 0.6 is 11.8 Å². The van der Waals surface area contributed by atoms with Crippen molar-refractivity contribution in [2.75, 3.05) is 13.7 Å². The minimum atomic E-state index is 0.418. The molecule has 0 radical (unpaired) electrons. The molecule has 2 unspecified atom stereocenters. The lowest BCUT2D eigenvalue weighted by atomic mass is 10.1. The summed E-state index contributed by atoms with van der Waals surface area (Å²) in [7, 11) is 1.74. The van der Waals surface area contributed by atoms with Crippen LogP contribution in [0.5, 0.6) is 5.75 Å². The van der Waals surface area contributed by atoms with Crippen LogP contribution < -0.4 is 10.1 Å². The predicted molar refractivity (Wildman–Crippen MR) is 89.2 cm³/mol. The number of hydrogen-bond donors (Lipinski definition) is 1. The maximum Gasteiger partial charge on any atom is 0.132 e.